The van der Waals surface area contributed by atoms with Gasteiger partial charge < -0.3 is 14.2 Å². The van der Waals surface area contributed by atoms with E-state index in [0.717, 1.165) is 23.9 Å². The molecule has 2 aromatic carbocycles. The number of halogens is 1. The summed E-state index contributed by atoms with van der Waals surface area (Å²) in [5.41, 5.74) is 1.35. The minimum atomic E-state index is 0.167. The van der Waals surface area contributed by atoms with Crippen LogP contribution in [0.15, 0.2) is 48.5 Å². The highest BCUT2D eigenvalue weighted by Gasteiger charge is 2.17. The number of hydrogen-bond acceptors (Lipinski definition) is 4. The normalized spacial score (nSPS) is 17.4. The smallest absolute Gasteiger partial charge is 0.128 e. The highest BCUT2D eigenvalue weighted by atomic mass is 35.5. The quantitative estimate of drug-likeness (QED) is 0.723. The lowest BCUT2D eigenvalue weighted by atomic mass is 10.2. The van der Waals surface area contributed by atoms with Crippen LogP contribution in [-0.2, 0) is 4.74 Å². The van der Waals surface area contributed by atoms with Crippen molar-refractivity contribution < 1.29 is 14.2 Å². The topological polar surface area (TPSA) is 27.7 Å². The van der Waals surface area contributed by atoms with Crippen molar-refractivity contribution in [2.24, 2.45) is 0 Å². The van der Waals surface area contributed by atoms with Gasteiger partial charge in [0.05, 0.1) is 6.61 Å². The molecule has 0 amide bonds. The molecule has 5 heteroatoms. The van der Waals surface area contributed by atoms with Gasteiger partial charge >= 0.3 is 0 Å². The fourth-order valence-electron chi connectivity index (χ4n) is 2.15. The van der Waals surface area contributed by atoms with Crippen LogP contribution in [0.2, 0.25) is 5.02 Å². The Morgan fingerprint density at radius 3 is 2.50 bits per heavy atom. The van der Waals surface area contributed by atoms with Crippen LogP contribution >= 0.6 is 23.4 Å². The number of rotatable bonds is 6. The first-order chi connectivity index (χ1) is 10.8. The van der Waals surface area contributed by atoms with Crippen LogP contribution in [0.4, 0.5) is 0 Å². The molecule has 22 heavy (non-hydrogen) atoms. The maximum absolute atomic E-state index is 5.90. The van der Waals surface area contributed by atoms with Gasteiger partial charge in [0, 0.05) is 10.8 Å². The van der Waals surface area contributed by atoms with Crippen molar-refractivity contribution in [1.82, 2.24) is 0 Å². The number of ether oxygens (including phenoxy) is 3. The van der Waals surface area contributed by atoms with E-state index in [-0.39, 0.29) is 5.44 Å². The van der Waals surface area contributed by atoms with Gasteiger partial charge in [0.1, 0.15) is 30.1 Å². The molecule has 0 aliphatic carbocycles. The Morgan fingerprint density at radius 1 is 1.05 bits per heavy atom. The minimum Gasteiger partial charge on any atom is -0.490 e. The van der Waals surface area contributed by atoms with Crippen molar-refractivity contribution in [1.29, 1.82) is 0 Å². The summed E-state index contributed by atoms with van der Waals surface area (Å²) in [5.74, 6) is 2.65. The Kier molecular flexibility index (Phi) is 5.48. The highest BCUT2D eigenvalue weighted by Crippen LogP contribution is 2.35. The number of benzene rings is 2. The maximum atomic E-state index is 5.90. The summed E-state index contributed by atoms with van der Waals surface area (Å²) >= 11 is 7.73. The fourth-order valence-corrected chi connectivity index (χ4v) is 3.28. The first-order valence-corrected chi connectivity index (χ1v) is 8.58. The fraction of sp³-hybridized carbons (Fsp3) is 0.294. The molecule has 0 aromatic heterocycles. The minimum absolute atomic E-state index is 0.167. The lowest BCUT2D eigenvalue weighted by Crippen LogP contribution is -2.09. The monoisotopic (exact) mass is 336 g/mol. The molecule has 1 unspecified atom stereocenters. The third-order valence-corrected chi connectivity index (χ3v) is 4.54. The molecule has 3 nitrogen and oxygen atoms in total. The highest BCUT2D eigenvalue weighted by molar-refractivity contribution is 7.99. The van der Waals surface area contributed by atoms with E-state index in [4.69, 9.17) is 25.8 Å². The zero-order chi connectivity index (χ0) is 15.2. The summed E-state index contributed by atoms with van der Waals surface area (Å²) < 4.78 is 16.9. The van der Waals surface area contributed by atoms with Gasteiger partial charge in [-0.2, -0.15) is 0 Å². The van der Waals surface area contributed by atoms with E-state index >= 15 is 0 Å². The number of hydrogen-bond donors (Lipinski definition) is 0. The van der Waals surface area contributed by atoms with Crippen LogP contribution < -0.4 is 9.47 Å². The molecule has 0 saturated carbocycles. The zero-order valence-corrected chi connectivity index (χ0v) is 13.6. The molecule has 0 N–H and O–H groups in total. The van der Waals surface area contributed by atoms with Crippen molar-refractivity contribution in [3.05, 3.63) is 59.1 Å². The van der Waals surface area contributed by atoms with Gasteiger partial charge in [0.2, 0.25) is 0 Å². The second kappa shape index (κ2) is 7.77. The van der Waals surface area contributed by atoms with Crippen LogP contribution in [0.5, 0.6) is 11.5 Å². The summed E-state index contributed by atoms with van der Waals surface area (Å²) in [6.07, 6.45) is 0. The van der Waals surface area contributed by atoms with E-state index in [1.54, 1.807) is 6.07 Å². The molecule has 3 rings (SSSR count). The summed E-state index contributed by atoms with van der Waals surface area (Å²) in [4.78, 5) is 0. The van der Waals surface area contributed by atoms with Gasteiger partial charge in [-0.25, -0.2) is 0 Å². The van der Waals surface area contributed by atoms with E-state index in [9.17, 15) is 0 Å². The molecule has 1 aliphatic heterocycles. The van der Waals surface area contributed by atoms with Crippen molar-refractivity contribution in [2.75, 3.05) is 25.6 Å². The van der Waals surface area contributed by atoms with Gasteiger partial charge in [0.25, 0.3) is 0 Å². The van der Waals surface area contributed by atoms with Crippen molar-refractivity contribution >= 4 is 23.4 Å². The van der Waals surface area contributed by atoms with E-state index in [2.05, 4.69) is 12.1 Å². The van der Waals surface area contributed by atoms with Crippen LogP contribution in [0.3, 0.4) is 0 Å². The van der Waals surface area contributed by atoms with Crippen LogP contribution in [0.1, 0.15) is 11.0 Å². The molecular formula is C17H17ClO3S. The summed E-state index contributed by atoms with van der Waals surface area (Å²) in [5, 5.41) is 0.668. The van der Waals surface area contributed by atoms with Gasteiger partial charge in [-0.1, -0.05) is 29.8 Å². The van der Waals surface area contributed by atoms with Crippen LogP contribution in [0, 0.1) is 0 Å². The first-order valence-electron chi connectivity index (χ1n) is 7.15. The summed E-state index contributed by atoms with van der Waals surface area (Å²) in [7, 11) is 0. The van der Waals surface area contributed by atoms with E-state index in [0.29, 0.717) is 18.2 Å². The van der Waals surface area contributed by atoms with E-state index in [1.807, 2.05) is 42.1 Å². The molecule has 1 aliphatic rings. The molecule has 0 bridgehead atoms. The lowest BCUT2D eigenvalue weighted by Gasteiger charge is -2.11. The standard InChI is InChI=1S/C17H17ClO3S/c18-14-2-1-3-16(12-14)20-9-8-19-15-6-4-13(5-7-15)17-21-10-11-22-17/h1-7,12,17H,8-11H2. The Morgan fingerprint density at radius 2 is 1.82 bits per heavy atom. The Bertz CT molecular complexity index is 597. The van der Waals surface area contributed by atoms with Crippen LogP contribution in [-0.4, -0.2) is 25.6 Å². The van der Waals surface area contributed by atoms with E-state index < -0.39 is 0 Å². The van der Waals surface area contributed by atoms with Gasteiger partial charge in [0.15, 0.2) is 0 Å². The predicted octanol–water partition coefficient (Wildman–Crippen LogP) is 4.56. The Balaban J connectivity index is 1.43. The van der Waals surface area contributed by atoms with Crippen molar-refractivity contribution in [3.63, 3.8) is 0 Å². The molecule has 2 aromatic rings. The molecule has 116 valence electrons. The number of thioether (sulfide) groups is 1. The molecule has 0 radical (unpaired) electrons. The summed E-state index contributed by atoms with van der Waals surface area (Å²) in [6.45, 7) is 1.79. The lowest BCUT2D eigenvalue weighted by molar-refractivity contribution is 0.145. The summed E-state index contributed by atoms with van der Waals surface area (Å²) in [6, 6.07) is 15.4. The zero-order valence-electron chi connectivity index (χ0n) is 12.0. The molecule has 1 heterocycles. The molecule has 1 atom stereocenters. The van der Waals surface area contributed by atoms with Gasteiger partial charge in [-0.3, -0.25) is 0 Å². The average Bonchev–Trinajstić information content (AvgIpc) is 3.07. The SMILES string of the molecule is Clc1cccc(OCCOc2ccc(C3OCCS3)cc2)c1. The molecule has 0 spiro atoms. The Labute approximate surface area is 139 Å². The second-order valence-corrected chi connectivity index (χ2v) is 6.40. The third kappa shape index (κ3) is 4.32. The molecular weight excluding hydrogens is 320 g/mol. The van der Waals surface area contributed by atoms with Gasteiger partial charge in [-0.05, 0) is 35.9 Å². The van der Waals surface area contributed by atoms with Crippen molar-refractivity contribution in [3.8, 4) is 11.5 Å². The Hall–Kier alpha value is -1.36. The van der Waals surface area contributed by atoms with E-state index in [1.165, 1.54) is 5.56 Å². The molecule has 1 fully saturated rings. The first kappa shape index (κ1) is 15.5. The third-order valence-electron chi connectivity index (χ3n) is 3.19. The average molecular weight is 337 g/mol. The van der Waals surface area contributed by atoms with Gasteiger partial charge in [-0.15, -0.1) is 11.8 Å². The second-order valence-electron chi connectivity index (χ2n) is 4.80. The van der Waals surface area contributed by atoms with Crippen LogP contribution in [0.25, 0.3) is 0 Å². The largest absolute Gasteiger partial charge is 0.490 e. The maximum Gasteiger partial charge on any atom is 0.128 e. The predicted molar refractivity (Wildman–Crippen MR) is 90.0 cm³/mol. The molecule has 1 saturated heterocycles. The van der Waals surface area contributed by atoms with Crippen molar-refractivity contribution in [2.45, 2.75) is 5.44 Å².